The summed E-state index contributed by atoms with van der Waals surface area (Å²) in [6.45, 7) is 0.766. The van der Waals surface area contributed by atoms with E-state index in [4.69, 9.17) is 0 Å². The molecular weight excluding hydrogens is 185 g/mol. The van der Waals surface area contributed by atoms with Crippen molar-refractivity contribution in [1.82, 2.24) is 0 Å². The van der Waals surface area contributed by atoms with E-state index in [1.165, 1.54) is 0 Å². The van der Waals surface area contributed by atoms with E-state index >= 15 is 0 Å². The molecule has 0 aromatic carbocycles. The van der Waals surface area contributed by atoms with Crippen molar-refractivity contribution in [3.05, 3.63) is 0 Å². The molecule has 0 saturated carbocycles. The van der Waals surface area contributed by atoms with Crippen LogP contribution in [0.4, 0.5) is 22.0 Å². The number of Topliss-reactive ketones (excluding diaryl/α,β-unsaturated/α-hetero) is 1. The van der Waals surface area contributed by atoms with Gasteiger partial charge >= 0.3 is 12.1 Å². The van der Waals surface area contributed by atoms with Crippen LogP contribution in [0.2, 0.25) is 0 Å². The quantitative estimate of drug-likeness (QED) is 0.664. The molecule has 0 saturated heterocycles. The van der Waals surface area contributed by atoms with Gasteiger partial charge in [-0.15, -0.1) is 0 Å². The van der Waals surface area contributed by atoms with Crippen LogP contribution in [0, 0.1) is 0 Å². The molecule has 2 nitrogen and oxygen atoms in total. The van der Waals surface area contributed by atoms with Crippen LogP contribution in [0.15, 0.2) is 0 Å². The molecule has 1 atom stereocenters. The van der Waals surface area contributed by atoms with Crippen LogP contribution in [-0.4, -0.2) is 23.9 Å². The zero-order chi connectivity index (χ0) is 10.2. The Balaban J connectivity index is 4.74. The Morgan fingerprint density at radius 1 is 1.25 bits per heavy atom. The topological polar surface area (TPSA) is 43.1 Å². The number of halogens is 5. The van der Waals surface area contributed by atoms with Gasteiger partial charge in [-0.3, -0.25) is 4.79 Å². The lowest BCUT2D eigenvalue weighted by Gasteiger charge is -2.19. The standard InChI is InChI=1S/C5H6F5NO/c1-2(11)3(12)4(6,7)5(8,9)10/h2H,11H2,1H3. The summed E-state index contributed by atoms with van der Waals surface area (Å²) in [6, 6.07) is -1.83. The maximum Gasteiger partial charge on any atom is 0.461 e. The molecule has 0 aromatic heterocycles. The second-order valence-corrected chi connectivity index (χ2v) is 2.23. The van der Waals surface area contributed by atoms with Crippen molar-refractivity contribution < 1.29 is 26.7 Å². The predicted octanol–water partition coefficient (Wildman–Crippen LogP) is 1.10. The summed E-state index contributed by atoms with van der Waals surface area (Å²) in [7, 11) is 0. The molecule has 0 rings (SSSR count). The number of alkyl halides is 5. The second kappa shape index (κ2) is 2.96. The van der Waals surface area contributed by atoms with Gasteiger partial charge in [0.25, 0.3) is 0 Å². The minimum Gasteiger partial charge on any atom is -0.322 e. The fourth-order valence-electron chi connectivity index (χ4n) is 0.426. The van der Waals surface area contributed by atoms with Crippen molar-refractivity contribution in [3.63, 3.8) is 0 Å². The van der Waals surface area contributed by atoms with E-state index in [2.05, 4.69) is 5.73 Å². The Bertz CT molecular complexity index is 185. The van der Waals surface area contributed by atoms with Crippen LogP contribution in [0.1, 0.15) is 6.92 Å². The number of rotatable bonds is 2. The molecule has 2 N–H and O–H groups in total. The zero-order valence-corrected chi connectivity index (χ0v) is 5.95. The number of hydrogen-bond acceptors (Lipinski definition) is 2. The van der Waals surface area contributed by atoms with E-state index in [9.17, 15) is 26.7 Å². The maximum absolute atomic E-state index is 12.0. The molecular formula is C5H6F5NO. The molecule has 72 valence electrons. The Morgan fingerprint density at radius 2 is 1.58 bits per heavy atom. The lowest BCUT2D eigenvalue weighted by molar-refractivity contribution is -0.269. The van der Waals surface area contributed by atoms with Crippen molar-refractivity contribution >= 4 is 5.78 Å². The van der Waals surface area contributed by atoms with Crippen LogP contribution in [-0.2, 0) is 4.79 Å². The van der Waals surface area contributed by atoms with Crippen LogP contribution in [0.3, 0.4) is 0 Å². The van der Waals surface area contributed by atoms with Gasteiger partial charge in [0.15, 0.2) is 0 Å². The van der Waals surface area contributed by atoms with Gasteiger partial charge in [-0.25, -0.2) is 0 Å². The highest BCUT2D eigenvalue weighted by atomic mass is 19.4. The molecule has 0 aliphatic rings. The highest BCUT2D eigenvalue weighted by Gasteiger charge is 2.63. The van der Waals surface area contributed by atoms with Gasteiger partial charge in [0.05, 0.1) is 6.04 Å². The summed E-state index contributed by atoms with van der Waals surface area (Å²) < 4.78 is 58.3. The Hall–Kier alpha value is -0.720. The summed E-state index contributed by atoms with van der Waals surface area (Å²) >= 11 is 0. The fourth-order valence-corrected chi connectivity index (χ4v) is 0.426. The predicted molar refractivity (Wildman–Crippen MR) is 29.7 cm³/mol. The fraction of sp³-hybridized carbons (Fsp3) is 0.800. The molecule has 0 aromatic rings. The molecule has 0 heterocycles. The summed E-state index contributed by atoms with van der Waals surface area (Å²) in [6.07, 6.45) is -5.86. The maximum atomic E-state index is 12.0. The van der Waals surface area contributed by atoms with E-state index < -0.39 is 23.9 Å². The molecule has 0 bridgehead atoms. The second-order valence-electron chi connectivity index (χ2n) is 2.23. The lowest BCUT2D eigenvalue weighted by Crippen LogP contribution is -2.50. The summed E-state index contributed by atoms with van der Waals surface area (Å²) in [5, 5.41) is 0. The van der Waals surface area contributed by atoms with E-state index in [0.29, 0.717) is 0 Å². The van der Waals surface area contributed by atoms with Crippen molar-refractivity contribution in [2.45, 2.75) is 25.1 Å². The van der Waals surface area contributed by atoms with Gasteiger partial charge in [0.2, 0.25) is 5.78 Å². The molecule has 12 heavy (non-hydrogen) atoms. The SMILES string of the molecule is CC(N)C(=O)C(F)(F)C(F)(F)F. The highest BCUT2D eigenvalue weighted by molar-refractivity contribution is 5.90. The molecule has 0 aliphatic carbocycles. The first-order valence-electron chi connectivity index (χ1n) is 2.85. The van der Waals surface area contributed by atoms with E-state index in [1.807, 2.05) is 0 Å². The third-order valence-electron chi connectivity index (χ3n) is 1.08. The number of carbonyl (C=O) groups is 1. The average Bonchev–Trinajstić information content (AvgIpc) is 1.83. The lowest BCUT2D eigenvalue weighted by atomic mass is 10.1. The monoisotopic (exact) mass is 191 g/mol. The Morgan fingerprint density at radius 3 is 1.67 bits per heavy atom. The van der Waals surface area contributed by atoms with Crippen LogP contribution in [0.25, 0.3) is 0 Å². The van der Waals surface area contributed by atoms with Crippen molar-refractivity contribution in [2.24, 2.45) is 5.73 Å². The first-order valence-corrected chi connectivity index (χ1v) is 2.85. The number of ketones is 1. The van der Waals surface area contributed by atoms with Crippen LogP contribution in [0.5, 0.6) is 0 Å². The molecule has 0 radical (unpaired) electrons. The number of carbonyl (C=O) groups excluding carboxylic acids is 1. The summed E-state index contributed by atoms with van der Waals surface area (Å²) in [5.41, 5.74) is 4.59. The largest absolute Gasteiger partial charge is 0.461 e. The van der Waals surface area contributed by atoms with Gasteiger partial charge in [0.1, 0.15) is 0 Å². The molecule has 0 spiro atoms. The smallest absolute Gasteiger partial charge is 0.322 e. The summed E-state index contributed by atoms with van der Waals surface area (Å²) in [5.74, 6) is -7.67. The number of hydrogen-bond donors (Lipinski definition) is 1. The molecule has 1 unspecified atom stereocenters. The van der Waals surface area contributed by atoms with Crippen LogP contribution < -0.4 is 5.73 Å². The minimum atomic E-state index is -5.86. The van der Waals surface area contributed by atoms with E-state index in [1.54, 1.807) is 0 Å². The molecule has 0 aliphatic heterocycles. The van der Waals surface area contributed by atoms with E-state index in [-0.39, 0.29) is 0 Å². The third kappa shape index (κ3) is 1.90. The average molecular weight is 191 g/mol. The Labute approximate surface area is 64.5 Å². The number of nitrogens with two attached hydrogens (primary N) is 1. The van der Waals surface area contributed by atoms with E-state index in [0.717, 1.165) is 6.92 Å². The minimum absolute atomic E-state index is 0.766. The highest BCUT2D eigenvalue weighted by Crippen LogP contribution is 2.36. The first-order chi connectivity index (χ1) is 5.10. The van der Waals surface area contributed by atoms with Gasteiger partial charge < -0.3 is 5.73 Å². The van der Waals surface area contributed by atoms with Gasteiger partial charge in [-0.1, -0.05) is 0 Å². The summed E-state index contributed by atoms with van der Waals surface area (Å²) in [4.78, 5) is 10.2. The first kappa shape index (κ1) is 11.3. The molecule has 0 fully saturated rings. The van der Waals surface area contributed by atoms with Crippen LogP contribution >= 0.6 is 0 Å². The molecule has 7 heteroatoms. The van der Waals surface area contributed by atoms with Gasteiger partial charge in [-0.05, 0) is 6.92 Å². The zero-order valence-electron chi connectivity index (χ0n) is 5.95. The van der Waals surface area contributed by atoms with Crippen molar-refractivity contribution in [2.75, 3.05) is 0 Å². The molecule has 0 amide bonds. The van der Waals surface area contributed by atoms with Crippen molar-refractivity contribution in [3.8, 4) is 0 Å². The van der Waals surface area contributed by atoms with Gasteiger partial charge in [-0.2, -0.15) is 22.0 Å². The normalized spacial score (nSPS) is 15.9. The van der Waals surface area contributed by atoms with Gasteiger partial charge in [0, 0.05) is 0 Å². The van der Waals surface area contributed by atoms with Crippen molar-refractivity contribution in [1.29, 1.82) is 0 Å². The Kier molecular flexibility index (Phi) is 2.79. The third-order valence-corrected chi connectivity index (χ3v) is 1.08.